The minimum absolute atomic E-state index is 1.29. The molecular formula is C19H13IS. The molecule has 4 rings (SSSR count). The van der Waals surface area contributed by atoms with Gasteiger partial charge in [-0.3, -0.25) is 0 Å². The van der Waals surface area contributed by atoms with E-state index < -0.39 is 0 Å². The lowest BCUT2D eigenvalue weighted by Crippen LogP contribution is -1.79. The Bertz CT molecular complexity index is 966. The van der Waals surface area contributed by atoms with Gasteiger partial charge >= 0.3 is 0 Å². The summed E-state index contributed by atoms with van der Waals surface area (Å²) in [5, 5.41) is 2.74. The van der Waals surface area contributed by atoms with Crippen molar-refractivity contribution in [1.82, 2.24) is 0 Å². The van der Waals surface area contributed by atoms with E-state index in [1.807, 2.05) is 11.3 Å². The van der Waals surface area contributed by atoms with Crippen LogP contribution in [0.25, 0.3) is 31.3 Å². The van der Waals surface area contributed by atoms with Crippen LogP contribution >= 0.6 is 33.9 Å². The summed E-state index contributed by atoms with van der Waals surface area (Å²) < 4.78 is 4.02. The second-order valence-electron chi connectivity index (χ2n) is 5.32. The van der Waals surface area contributed by atoms with Crippen LogP contribution in [0.5, 0.6) is 0 Å². The molecule has 4 aromatic rings. The lowest BCUT2D eigenvalue weighted by atomic mass is 10.0. The second kappa shape index (κ2) is 5.11. The fourth-order valence-corrected chi connectivity index (χ4v) is 4.31. The topological polar surface area (TPSA) is 0 Å². The highest BCUT2D eigenvalue weighted by Gasteiger charge is 2.07. The highest BCUT2D eigenvalue weighted by atomic mass is 127. The lowest BCUT2D eigenvalue weighted by Gasteiger charge is -2.03. The largest absolute Gasteiger partial charge is 0.135 e. The van der Waals surface area contributed by atoms with Crippen LogP contribution in [-0.4, -0.2) is 0 Å². The first-order chi connectivity index (χ1) is 10.2. The quantitative estimate of drug-likeness (QED) is 0.315. The minimum atomic E-state index is 1.29. The molecule has 1 heterocycles. The Balaban J connectivity index is 2.00. The van der Waals surface area contributed by atoms with Gasteiger partial charge in [-0.2, -0.15) is 0 Å². The number of benzene rings is 3. The van der Waals surface area contributed by atoms with Gasteiger partial charge in [-0.05, 0) is 71.0 Å². The molecule has 0 nitrogen and oxygen atoms in total. The molecule has 2 heteroatoms. The molecule has 0 spiro atoms. The molecule has 0 aliphatic carbocycles. The monoisotopic (exact) mass is 400 g/mol. The highest BCUT2D eigenvalue weighted by molar-refractivity contribution is 14.1. The van der Waals surface area contributed by atoms with Gasteiger partial charge in [-0.25, -0.2) is 0 Å². The molecule has 0 radical (unpaired) electrons. The van der Waals surface area contributed by atoms with Gasteiger partial charge in [0.1, 0.15) is 0 Å². The van der Waals surface area contributed by atoms with Crippen LogP contribution in [0, 0.1) is 10.5 Å². The summed E-state index contributed by atoms with van der Waals surface area (Å²) >= 11 is 4.26. The summed E-state index contributed by atoms with van der Waals surface area (Å²) in [5.74, 6) is 0. The van der Waals surface area contributed by atoms with Gasteiger partial charge in [-0.15, -0.1) is 11.3 Å². The number of hydrogen-bond acceptors (Lipinski definition) is 1. The molecule has 3 aromatic carbocycles. The molecule has 0 N–H and O–H groups in total. The number of fused-ring (bicyclic) bond motifs is 3. The minimum Gasteiger partial charge on any atom is -0.135 e. The van der Waals surface area contributed by atoms with Crippen LogP contribution in [0.4, 0.5) is 0 Å². The van der Waals surface area contributed by atoms with Crippen molar-refractivity contribution in [1.29, 1.82) is 0 Å². The summed E-state index contributed by atoms with van der Waals surface area (Å²) in [5.41, 5.74) is 3.89. The van der Waals surface area contributed by atoms with E-state index in [-0.39, 0.29) is 0 Å². The summed E-state index contributed by atoms with van der Waals surface area (Å²) in [6, 6.07) is 22.2. The third kappa shape index (κ3) is 2.36. The summed E-state index contributed by atoms with van der Waals surface area (Å²) in [7, 11) is 0. The molecule has 0 unspecified atom stereocenters. The maximum atomic E-state index is 2.39. The zero-order chi connectivity index (χ0) is 14.4. The van der Waals surface area contributed by atoms with Crippen LogP contribution in [-0.2, 0) is 0 Å². The van der Waals surface area contributed by atoms with Gasteiger partial charge < -0.3 is 0 Å². The van der Waals surface area contributed by atoms with Crippen LogP contribution in [0.2, 0.25) is 0 Å². The van der Waals surface area contributed by atoms with Crippen molar-refractivity contribution >= 4 is 54.1 Å². The molecule has 0 bridgehead atoms. The van der Waals surface area contributed by atoms with Gasteiger partial charge in [0.25, 0.3) is 0 Å². The second-order valence-corrected chi connectivity index (χ2v) is 7.65. The van der Waals surface area contributed by atoms with Crippen molar-refractivity contribution in [3.05, 3.63) is 69.8 Å². The molecule has 0 fully saturated rings. The number of thiophene rings is 1. The predicted octanol–water partition coefficient (Wildman–Crippen LogP) is 6.63. The smallest absolute Gasteiger partial charge is 0.0356 e. The van der Waals surface area contributed by atoms with E-state index >= 15 is 0 Å². The van der Waals surface area contributed by atoms with Crippen molar-refractivity contribution in [3.63, 3.8) is 0 Å². The van der Waals surface area contributed by atoms with E-state index in [0.717, 1.165) is 0 Å². The SMILES string of the molecule is Cc1cccc(-c2ccc3sc4ccc(I)cc4c3c2)c1. The van der Waals surface area contributed by atoms with Crippen molar-refractivity contribution < 1.29 is 0 Å². The zero-order valence-corrected chi connectivity index (χ0v) is 14.5. The summed E-state index contributed by atoms with van der Waals surface area (Å²) in [6.07, 6.45) is 0. The molecule has 0 atom stereocenters. The van der Waals surface area contributed by atoms with E-state index in [0.29, 0.717) is 0 Å². The highest BCUT2D eigenvalue weighted by Crippen LogP contribution is 2.37. The van der Waals surface area contributed by atoms with Gasteiger partial charge in [0.05, 0.1) is 0 Å². The Morgan fingerprint density at radius 1 is 0.762 bits per heavy atom. The molecule has 0 aliphatic heterocycles. The van der Waals surface area contributed by atoms with Crippen LogP contribution in [0.15, 0.2) is 60.7 Å². The maximum Gasteiger partial charge on any atom is 0.0356 e. The van der Waals surface area contributed by atoms with Gasteiger partial charge in [0.2, 0.25) is 0 Å². The number of aryl methyl sites for hydroxylation is 1. The van der Waals surface area contributed by atoms with E-state index in [4.69, 9.17) is 0 Å². The van der Waals surface area contributed by atoms with E-state index in [9.17, 15) is 0 Å². The van der Waals surface area contributed by atoms with Crippen molar-refractivity contribution in [2.75, 3.05) is 0 Å². The normalized spacial score (nSPS) is 11.3. The van der Waals surface area contributed by atoms with Crippen LogP contribution < -0.4 is 0 Å². The van der Waals surface area contributed by atoms with Crippen molar-refractivity contribution in [3.8, 4) is 11.1 Å². The molecule has 1 aromatic heterocycles. The molecule has 0 aliphatic rings. The molecule has 102 valence electrons. The Morgan fingerprint density at radius 2 is 1.48 bits per heavy atom. The average Bonchev–Trinajstić information content (AvgIpc) is 2.84. The first kappa shape index (κ1) is 13.3. The molecular weight excluding hydrogens is 387 g/mol. The van der Waals surface area contributed by atoms with E-state index in [1.54, 1.807) is 0 Å². The Morgan fingerprint density at radius 3 is 2.29 bits per heavy atom. The first-order valence-electron chi connectivity index (χ1n) is 6.89. The van der Waals surface area contributed by atoms with Gasteiger partial charge in [0, 0.05) is 23.7 Å². The molecule has 0 saturated carbocycles. The molecule has 0 amide bonds. The van der Waals surface area contributed by atoms with Gasteiger partial charge in [0.15, 0.2) is 0 Å². The molecule has 0 saturated heterocycles. The van der Waals surface area contributed by atoms with Gasteiger partial charge in [-0.1, -0.05) is 35.9 Å². The number of halogens is 1. The standard InChI is InChI=1S/C19H13IS/c1-12-3-2-4-13(9-12)14-5-7-18-16(10-14)17-11-15(20)6-8-19(17)21-18/h2-11H,1H3. The number of hydrogen-bond donors (Lipinski definition) is 0. The predicted molar refractivity (Wildman–Crippen MR) is 102 cm³/mol. The van der Waals surface area contributed by atoms with E-state index in [2.05, 4.69) is 90.2 Å². The number of rotatable bonds is 1. The third-order valence-electron chi connectivity index (χ3n) is 3.78. The fraction of sp³-hybridized carbons (Fsp3) is 0.0526. The first-order valence-corrected chi connectivity index (χ1v) is 8.79. The Labute approximate surface area is 141 Å². The summed E-state index contributed by atoms with van der Waals surface area (Å²) in [4.78, 5) is 0. The maximum absolute atomic E-state index is 2.39. The fourth-order valence-electron chi connectivity index (χ4n) is 2.75. The Kier molecular flexibility index (Phi) is 3.23. The van der Waals surface area contributed by atoms with Crippen molar-refractivity contribution in [2.45, 2.75) is 6.92 Å². The van der Waals surface area contributed by atoms with Crippen LogP contribution in [0.1, 0.15) is 5.56 Å². The van der Waals surface area contributed by atoms with Crippen molar-refractivity contribution in [2.24, 2.45) is 0 Å². The zero-order valence-electron chi connectivity index (χ0n) is 11.6. The lowest BCUT2D eigenvalue weighted by molar-refractivity contribution is 1.47. The van der Waals surface area contributed by atoms with E-state index in [1.165, 1.54) is 40.4 Å². The van der Waals surface area contributed by atoms with Crippen LogP contribution in [0.3, 0.4) is 0 Å². The summed E-state index contributed by atoms with van der Waals surface area (Å²) in [6.45, 7) is 2.14. The third-order valence-corrected chi connectivity index (χ3v) is 5.61. The average molecular weight is 400 g/mol. The Hall–Kier alpha value is -1.39. The molecule has 21 heavy (non-hydrogen) atoms.